The number of aromatic hydroxyl groups is 1. The van der Waals surface area contributed by atoms with Gasteiger partial charge in [0, 0.05) is 16.5 Å². The molecule has 1 amide bonds. The second-order valence-corrected chi connectivity index (χ2v) is 10.3. The Morgan fingerprint density at radius 1 is 1.03 bits per heavy atom. The molecule has 9 nitrogen and oxygen atoms in total. The highest BCUT2D eigenvalue weighted by atomic mass is 35.5. The van der Waals surface area contributed by atoms with Crippen molar-refractivity contribution in [3.63, 3.8) is 0 Å². The number of nitrogens with one attached hydrogen (secondary N) is 1. The fourth-order valence-corrected chi connectivity index (χ4v) is 4.66. The average molecular weight is 574 g/mol. The molecule has 4 aromatic carbocycles. The van der Waals surface area contributed by atoms with Crippen LogP contribution in [0.15, 0.2) is 75.8 Å². The number of hydrogen-bond acceptors (Lipinski definition) is 7. The van der Waals surface area contributed by atoms with E-state index in [0.717, 1.165) is 12.1 Å². The van der Waals surface area contributed by atoms with Gasteiger partial charge in [0.2, 0.25) is 0 Å². The summed E-state index contributed by atoms with van der Waals surface area (Å²) >= 11 is 12.4. The molecule has 0 atom stereocenters. The summed E-state index contributed by atoms with van der Waals surface area (Å²) < 4.78 is 38.1. The highest BCUT2D eigenvalue weighted by Gasteiger charge is 2.20. The van der Waals surface area contributed by atoms with Gasteiger partial charge in [-0.1, -0.05) is 47.5 Å². The number of anilines is 1. The van der Waals surface area contributed by atoms with E-state index in [1.54, 1.807) is 49.4 Å². The molecule has 4 aromatic rings. The summed E-state index contributed by atoms with van der Waals surface area (Å²) in [4.78, 5) is 12.7. The van der Waals surface area contributed by atoms with E-state index in [1.807, 2.05) is 6.92 Å². The van der Waals surface area contributed by atoms with Gasteiger partial charge in [-0.05, 0) is 55.1 Å². The normalized spacial score (nSPS) is 11.7. The number of fused-ring (bicyclic) bond motifs is 1. The van der Waals surface area contributed by atoms with Crippen LogP contribution < -0.4 is 10.1 Å². The molecular formula is C26H21Cl2N3O6S. The summed E-state index contributed by atoms with van der Waals surface area (Å²) in [7, 11) is -4.55. The number of nitrogens with zero attached hydrogens (tertiary/aromatic N) is 2. The molecule has 0 aliphatic heterocycles. The maximum atomic E-state index is 13.2. The summed E-state index contributed by atoms with van der Waals surface area (Å²) in [6.07, 6.45) is 0. The van der Waals surface area contributed by atoms with Crippen molar-refractivity contribution in [3.8, 4) is 11.5 Å². The van der Waals surface area contributed by atoms with Crippen LogP contribution in [0.1, 0.15) is 22.8 Å². The first-order valence-electron chi connectivity index (χ1n) is 11.2. The largest absolute Gasteiger partial charge is 0.505 e. The van der Waals surface area contributed by atoms with Crippen LogP contribution in [0.2, 0.25) is 10.0 Å². The van der Waals surface area contributed by atoms with Crippen molar-refractivity contribution in [1.29, 1.82) is 0 Å². The molecule has 0 saturated heterocycles. The lowest BCUT2D eigenvalue weighted by Gasteiger charge is -2.13. The Morgan fingerprint density at radius 2 is 1.76 bits per heavy atom. The van der Waals surface area contributed by atoms with Gasteiger partial charge in [0.15, 0.2) is 5.75 Å². The number of carbonyl (C=O) groups excluding carboxylic acids is 1. The van der Waals surface area contributed by atoms with Gasteiger partial charge >= 0.3 is 0 Å². The molecule has 0 bridgehead atoms. The molecule has 4 rings (SSSR count). The van der Waals surface area contributed by atoms with E-state index < -0.39 is 26.7 Å². The van der Waals surface area contributed by atoms with Crippen LogP contribution in [0.5, 0.6) is 11.5 Å². The number of ether oxygens (including phenoxy) is 1. The van der Waals surface area contributed by atoms with E-state index in [2.05, 4.69) is 15.5 Å². The zero-order chi connectivity index (χ0) is 27.6. The molecule has 0 saturated carbocycles. The number of phenols is 1. The fraction of sp³-hybridized carbons (Fsp3) is 0.115. The lowest BCUT2D eigenvalue weighted by Crippen LogP contribution is -2.12. The van der Waals surface area contributed by atoms with Crippen molar-refractivity contribution in [2.45, 2.75) is 18.7 Å². The van der Waals surface area contributed by atoms with Gasteiger partial charge in [-0.25, -0.2) is 0 Å². The van der Waals surface area contributed by atoms with Gasteiger partial charge < -0.3 is 15.2 Å². The first kappa shape index (κ1) is 27.3. The van der Waals surface area contributed by atoms with Crippen LogP contribution >= 0.6 is 23.2 Å². The summed E-state index contributed by atoms with van der Waals surface area (Å²) in [5, 5.41) is 23.3. The third-order valence-electron chi connectivity index (χ3n) is 5.59. The van der Waals surface area contributed by atoms with E-state index in [0.29, 0.717) is 34.4 Å². The van der Waals surface area contributed by atoms with Gasteiger partial charge in [-0.15, -0.1) is 5.11 Å². The maximum absolute atomic E-state index is 13.2. The molecule has 0 radical (unpaired) electrons. The SMILES string of the molecule is CCOc1ccc(NC(=O)c2cc3ccccc3c(N=Nc3cc(S(=O)(=O)O)cc(Cl)c3C)c2O)c(Cl)c1. The smallest absolute Gasteiger partial charge is 0.294 e. The quantitative estimate of drug-likeness (QED) is 0.155. The van der Waals surface area contributed by atoms with Crippen LogP contribution in [0.4, 0.5) is 17.1 Å². The van der Waals surface area contributed by atoms with Gasteiger partial charge in [0.25, 0.3) is 16.0 Å². The minimum atomic E-state index is -4.55. The fourth-order valence-electron chi connectivity index (χ4n) is 3.63. The van der Waals surface area contributed by atoms with Crippen LogP contribution in [0.3, 0.4) is 0 Å². The lowest BCUT2D eigenvalue weighted by atomic mass is 10.0. The Bertz CT molecular complexity index is 1710. The standard InChI is InChI=1S/C26H21Cl2N3O6S/c1-3-37-16-8-9-22(21(28)11-16)29-26(33)19-10-15-6-4-5-7-18(15)24(25(19)32)31-30-23-13-17(38(34,35)36)12-20(27)14(23)2/h4-13,32H,3H2,1-2H3,(H,29,33)(H,34,35,36). The molecular weight excluding hydrogens is 553 g/mol. The third-order valence-corrected chi connectivity index (χ3v) is 7.12. The van der Waals surface area contributed by atoms with Crippen molar-refractivity contribution in [2.24, 2.45) is 10.2 Å². The first-order chi connectivity index (χ1) is 18.0. The Labute approximate surface area is 228 Å². The van der Waals surface area contributed by atoms with E-state index in [-0.39, 0.29) is 27.0 Å². The molecule has 0 aliphatic carbocycles. The van der Waals surface area contributed by atoms with E-state index >= 15 is 0 Å². The summed E-state index contributed by atoms with van der Waals surface area (Å²) in [5.74, 6) is -0.565. The van der Waals surface area contributed by atoms with Crippen molar-refractivity contribution in [3.05, 3.63) is 81.8 Å². The number of phenolic OH excluding ortho intramolecular Hbond substituents is 1. The number of benzene rings is 4. The van der Waals surface area contributed by atoms with Crippen LogP contribution in [-0.2, 0) is 10.1 Å². The molecule has 38 heavy (non-hydrogen) atoms. The Balaban J connectivity index is 1.78. The van der Waals surface area contributed by atoms with Crippen molar-refractivity contribution in [1.82, 2.24) is 0 Å². The van der Waals surface area contributed by atoms with Gasteiger partial charge in [0.1, 0.15) is 11.4 Å². The van der Waals surface area contributed by atoms with Gasteiger partial charge in [-0.3, -0.25) is 9.35 Å². The van der Waals surface area contributed by atoms with Crippen molar-refractivity contribution in [2.75, 3.05) is 11.9 Å². The topological polar surface area (TPSA) is 138 Å². The molecule has 0 unspecified atom stereocenters. The predicted molar refractivity (Wildman–Crippen MR) is 146 cm³/mol. The minimum Gasteiger partial charge on any atom is -0.505 e. The van der Waals surface area contributed by atoms with Crippen LogP contribution in [-0.4, -0.2) is 30.6 Å². The highest BCUT2D eigenvalue weighted by molar-refractivity contribution is 7.85. The molecule has 12 heteroatoms. The Hall–Kier alpha value is -3.70. The van der Waals surface area contributed by atoms with Crippen molar-refractivity contribution < 1.29 is 27.6 Å². The number of carbonyl (C=O) groups is 1. The zero-order valence-electron chi connectivity index (χ0n) is 20.1. The molecule has 0 fully saturated rings. The first-order valence-corrected chi connectivity index (χ1v) is 13.4. The third kappa shape index (κ3) is 5.73. The molecule has 0 aromatic heterocycles. The number of azo groups is 1. The summed E-state index contributed by atoms with van der Waals surface area (Å²) in [6, 6.07) is 15.4. The Kier molecular flexibility index (Phi) is 7.89. The summed E-state index contributed by atoms with van der Waals surface area (Å²) in [6.45, 7) is 3.88. The number of hydrogen-bond donors (Lipinski definition) is 3. The highest BCUT2D eigenvalue weighted by Crippen LogP contribution is 2.41. The van der Waals surface area contributed by atoms with Gasteiger partial charge in [-0.2, -0.15) is 13.5 Å². The maximum Gasteiger partial charge on any atom is 0.294 e. The number of halogens is 2. The average Bonchev–Trinajstić information content (AvgIpc) is 2.86. The molecule has 0 spiro atoms. The zero-order valence-corrected chi connectivity index (χ0v) is 22.4. The van der Waals surface area contributed by atoms with E-state index in [1.165, 1.54) is 6.07 Å². The molecule has 196 valence electrons. The number of rotatable bonds is 7. The van der Waals surface area contributed by atoms with E-state index in [9.17, 15) is 22.9 Å². The monoisotopic (exact) mass is 573 g/mol. The lowest BCUT2D eigenvalue weighted by molar-refractivity contribution is 0.102. The predicted octanol–water partition coefficient (Wildman–Crippen LogP) is 7.47. The molecule has 0 aliphatic rings. The second-order valence-electron chi connectivity index (χ2n) is 8.10. The van der Waals surface area contributed by atoms with E-state index in [4.69, 9.17) is 27.9 Å². The minimum absolute atomic E-state index is 0.0289. The molecule has 3 N–H and O–H groups in total. The Morgan fingerprint density at radius 3 is 2.45 bits per heavy atom. The van der Waals surface area contributed by atoms with Crippen LogP contribution in [0.25, 0.3) is 10.8 Å². The van der Waals surface area contributed by atoms with Gasteiger partial charge in [0.05, 0.1) is 33.5 Å². The number of amides is 1. The summed E-state index contributed by atoms with van der Waals surface area (Å²) in [5.41, 5.74) is 0.626. The molecule has 0 heterocycles. The second kappa shape index (κ2) is 11.0. The van der Waals surface area contributed by atoms with Crippen molar-refractivity contribution >= 4 is 67.1 Å². The van der Waals surface area contributed by atoms with Crippen LogP contribution in [0, 0.1) is 6.92 Å².